The SMILES string of the molecule is Cc1cc(Cl)ccc1NC(=O)c1ccc(C(=O)Nc2ccc(C#N)cc2)cc1. The summed E-state index contributed by atoms with van der Waals surface area (Å²) in [4.78, 5) is 24.7. The van der Waals surface area contributed by atoms with Crippen molar-refractivity contribution in [1.82, 2.24) is 0 Å². The lowest BCUT2D eigenvalue weighted by Crippen LogP contribution is -2.14. The van der Waals surface area contributed by atoms with Gasteiger partial charge < -0.3 is 10.6 Å². The molecule has 0 aromatic heterocycles. The summed E-state index contributed by atoms with van der Waals surface area (Å²) >= 11 is 5.93. The predicted octanol–water partition coefficient (Wildman–Crippen LogP) is 5.02. The van der Waals surface area contributed by atoms with Crippen molar-refractivity contribution in [3.05, 3.63) is 94.0 Å². The lowest BCUT2D eigenvalue weighted by Gasteiger charge is -2.09. The zero-order valence-electron chi connectivity index (χ0n) is 15.0. The number of nitriles is 1. The fourth-order valence-electron chi connectivity index (χ4n) is 2.57. The summed E-state index contributed by atoms with van der Waals surface area (Å²) in [6, 6.07) is 20.2. The van der Waals surface area contributed by atoms with E-state index in [1.54, 1.807) is 66.7 Å². The summed E-state index contributed by atoms with van der Waals surface area (Å²) in [5.74, 6) is -0.574. The number of hydrogen-bond donors (Lipinski definition) is 2. The van der Waals surface area contributed by atoms with Crippen LogP contribution in [-0.2, 0) is 0 Å². The number of halogens is 1. The summed E-state index contributed by atoms with van der Waals surface area (Å²) in [7, 11) is 0. The molecule has 0 radical (unpaired) electrons. The Balaban J connectivity index is 1.67. The van der Waals surface area contributed by atoms with Crippen LogP contribution in [0.15, 0.2) is 66.7 Å². The zero-order valence-corrected chi connectivity index (χ0v) is 15.7. The normalized spacial score (nSPS) is 10.0. The third-order valence-electron chi connectivity index (χ3n) is 4.12. The maximum absolute atomic E-state index is 12.4. The molecule has 0 aliphatic rings. The minimum absolute atomic E-state index is 0.274. The molecule has 0 saturated heterocycles. The number of carbonyl (C=O) groups excluding carboxylic acids is 2. The topological polar surface area (TPSA) is 82.0 Å². The first-order valence-electron chi connectivity index (χ1n) is 8.45. The van der Waals surface area contributed by atoms with Crippen molar-refractivity contribution in [2.75, 3.05) is 10.6 Å². The van der Waals surface area contributed by atoms with Crippen molar-refractivity contribution in [3.63, 3.8) is 0 Å². The van der Waals surface area contributed by atoms with Crippen molar-refractivity contribution >= 4 is 34.8 Å². The van der Waals surface area contributed by atoms with Crippen molar-refractivity contribution in [2.24, 2.45) is 0 Å². The Labute approximate surface area is 167 Å². The number of rotatable bonds is 4. The van der Waals surface area contributed by atoms with Gasteiger partial charge in [-0.25, -0.2) is 0 Å². The Morgan fingerprint density at radius 1 is 0.857 bits per heavy atom. The quantitative estimate of drug-likeness (QED) is 0.656. The van der Waals surface area contributed by atoms with Crippen molar-refractivity contribution in [2.45, 2.75) is 6.92 Å². The zero-order chi connectivity index (χ0) is 20.1. The summed E-state index contributed by atoms with van der Waals surface area (Å²) in [5, 5.41) is 15.0. The Morgan fingerprint density at radius 3 is 1.96 bits per heavy atom. The highest BCUT2D eigenvalue weighted by Crippen LogP contribution is 2.20. The van der Waals surface area contributed by atoms with Crippen molar-refractivity contribution in [3.8, 4) is 6.07 Å². The molecule has 0 unspecified atom stereocenters. The molecule has 3 rings (SSSR count). The van der Waals surface area contributed by atoms with Crippen LogP contribution in [0, 0.1) is 18.3 Å². The van der Waals surface area contributed by atoms with E-state index >= 15 is 0 Å². The average Bonchev–Trinajstić information content (AvgIpc) is 2.70. The highest BCUT2D eigenvalue weighted by atomic mass is 35.5. The Bertz CT molecular complexity index is 1070. The molecule has 0 fully saturated rings. The minimum atomic E-state index is -0.301. The second kappa shape index (κ2) is 8.38. The van der Waals surface area contributed by atoms with Crippen LogP contribution in [0.2, 0.25) is 5.02 Å². The molecule has 2 amide bonds. The van der Waals surface area contributed by atoms with E-state index in [-0.39, 0.29) is 11.8 Å². The fourth-order valence-corrected chi connectivity index (χ4v) is 2.79. The van der Waals surface area contributed by atoms with E-state index in [0.717, 1.165) is 5.56 Å². The van der Waals surface area contributed by atoms with Gasteiger partial charge in [0, 0.05) is 27.5 Å². The van der Waals surface area contributed by atoms with Gasteiger partial charge in [-0.15, -0.1) is 0 Å². The van der Waals surface area contributed by atoms with Crippen LogP contribution in [-0.4, -0.2) is 11.8 Å². The number of nitrogens with one attached hydrogen (secondary N) is 2. The maximum atomic E-state index is 12.4. The fraction of sp³-hybridized carbons (Fsp3) is 0.0455. The van der Waals surface area contributed by atoms with Gasteiger partial charge in [-0.2, -0.15) is 5.26 Å². The number of anilines is 2. The molecule has 0 aliphatic heterocycles. The monoisotopic (exact) mass is 389 g/mol. The molecule has 0 saturated carbocycles. The standard InChI is InChI=1S/C22H16ClN3O2/c1-14-12-18(23)8-11-20(14)26-22(28)17-6-4-16(5-7-17)21(27)25-19-9-2-15(13-24)3-10-19/h2-12H,1H3,(H,25,27)(H,26,28). The van der Waals surface area contributed by atoms with Crippen LogP contribution in [0.4, 0.5) is 11.4 Å². The number of benzene rings is 3. The summed E-state index contributed by atoms with van der Waals surface area (Å²) in [6.45, 7) is 1.86. The first-order valence-corrected chi connectivity index (χ1v) is 8.83. The molecule has 5 nitrogen and oxygen atoms in total. The molecule has 6 heteroatoms. The Hall–Kier alpha value is -3.62. The van der Waals surface area contributed by atoms with Crippen LogP contribution in [0.25, 0.3) is 0 Å². The highest BCUT2D eigenvalue weighted by Gasteiger charge is 2.11. The van der Waals surface area contributed by atoms with Crippen LogP contribution < -0.4 is 10.6 Å². The van der Waals surface area contributed by atoms with E-state index in [2.05, 4.69) is 10.6 Å². The van der Waals surface area contributed by atoms with Crippen LogP contribution in [0.3, 0.4) is 0 Å². The third-order valence-corrected chi connectivity index (χ3v) is 4.35. The van der Waals surface area contributed by atoms with Gasteiger partial charge in [0.15, 0.2) is 0 Å². The van der Waals surface area contributed by atoms with Gasteiger partial charge in [0.1, 0.15) is 0 Å². The maximum Gasteiger partial charge on any atom is 0.255 e. The molecule has 0 spiro atoms. The van der Waals surface area contributed by atoms with Crippen LogP contribution in [0.1, 0.15) is 31.8 Å². The predicted molar refractivity (Wildman–Crippen MR) is 110 cm³/mol. The first kappa shape index (κ1) is 19.2. The molecular weight excluding hydrogens is 374 g/mol. The largest absolute Gasteiger partial charge is 0.322 e. The Kier molecular flexibility index (Phi) is 5.73. The number of aryl methyl sites for hydroxylation is 1. The molecular formula is C22H16ClN3O2. The van der Waals surface area contributed by atoms with E-state index in [1.807, 2.05) is 13.0 Å². The average molecular weight is 390 g/mol. The third kappa shape index (κ3) is 4.56. The van der Waals surface area contributed by atoms with Crippen molar-refractivity contribution in [1.29, 1.82) is 5.26 Å². The van der Waals surface area contributed by atoms with Gasteiger partial charge >= 0.3 is 0 Å². The van der Waals surface area contributed by atoms with Gasteiger partial charge in [-0.05, 0) is 79.2 Å². The summed E-state index contributed by atoms with van der Waals surface area (Å²) < 4.78 is 0. The molecule has 0 aliphatic carbocycles. The van der Waals surface area contributed by atoms with E-state index in [1.165, 1.54) is 0 Å². The lowest BCUT2D eigenvalue weighted by molar-refractivity contribution is 0.101. The van der Waals surface area contributed by atoms with Gasteiger partial charge in [0.05, 0.1) is 11.6 Å². The van der Waals surface area contributed by atoms with E-state index in [9.17, 15) is 9.59 Å². The number of carbonyl (C=O) groups is 2. The van der Waals surface area contributed by atoms with E-state index in [4.69, 9.17) is 16.9 Å². The molecule has 0 heterocycles. The minimum Gasteiger partial charge on any atom is -0.322 e. The molecule has 138 valence electrons. The van der Waals surface area contributed by atoms with Gasteiger partial charge in [-0.1, -0.05) is 11.6 Å². The van der Waals surface area contributed by atoms with E-state index in [0.29, 0.717) is 33.1 Å². The lowest BCUT2D eigenvalue weighted by atomic mass is 10.1. The molecule has 3 aromatic carbocycles. The van der Waals surface area contributed by atoms with Crippen LogP contribution in [0.5, 0.6) is 0 Å². The summed E-state index contributed by atoms with van der Waals surface area (Å²) in [5.41, 5.74) is 3.50. The molecule has 0 bridgehead atoms. The van der Waals surface area contributed by atoms with Crippen LogP contribution >= 0.6 is 11.6 Å². The number of hydrogen-bond acceptors (Lipinski definition) is 3. The highest BCUT2D eigenvalue weighted by molar-refractivity contribution is 6.30. The van der Waals surface area contributed by atoms with E-state index < -0.39 is 0 Å². The molecule has 2 N–H and O–H groups in total. The van der Waals surface area contributed by atoms with Gasteiger partial charge in [-0.3, -0.25) is 9.59 Å². The number of amides is 2. The molecule has 28 heavy (non-hydrogen) atoms. The molecule has 3 aromatic rings. The van der Waals surface area contributed by atoms with Gasteiger partial charge in [0.25, 0.3) is 11.8 Å². The van der Waals surface area contributed by atoms with Crippen molar-refractivity contribution < 1.29 is 9.59 Å². The smallest absolute Gasteiger partial charge is 0.255 e. The second-order valence-corrected chi connectivity index (χ2v) is 6.57. The summed E-state index contributed by atoms with van der Waals surface area (Å²) in [6.07, 6.45) is 0. The Morgan fingerprint density at radius 2 is 1.43 bits per heavy atom. The van der Waals surface area contributed by atoms with Gasteiger partial charge in [0.2, 0.25) is 0 Å². The molecule has 0 atom stereocenters. The number of nitrogens with zero attached hydrogens (tertiary/aromatic N) is 1. The first-order chi connectivity index (χ1) is 13.5. The second-order valence-electron chi connectivity index (χ2n) is 6.13.